The van der Waals surface area contributed by atoms with Gasteiger partial charge in [-0.3, -0.25) is 9.89 Å². The van der Waals surface area contributed by atoms with Crippen LogP contribution in [0.2, 0.25) is 0 Å². The fraction of sp³-hybridized carbons (Fsp3) is 0.222. The van der Waals surface area contributed by atoms with Gasteiger partial charge in [-0.25, -0.2) is 4.98 Å². The van der Waals surface area contributed by atoms with E-state index in [0.29, 0.717) is 16.7 Å². The lowest BCUT2D eigenvalue weighted by Gasteiger charge is -1.88. The van der Waals surface area contributed by atoms with Crippen molar-refractivity contribution in [3.8, 4) is 0 Å². The van der Waals surface area contributed by atoms with Crippen molar-refractivity contribution < 1.29 is 0 Å². The van der Waals surface area contributed by atoms with Gasteiger partial charge in [-0.15, -0.1) is 0 Å². The summed E-state index contributed by atoms with van der Waals surface area (Å²) in [7, 11) is 0. The highest BCUT2D eigenvalue weighted by Gasteiger charge is 2.06. The van der Waals surface area contributed by atoms with Crippen LogP contribution in [0.1, 0.15) is 12.1 Å². The van der Waals surface area contributed by atoms with Gasteiger partial charge in [0.15, 0.2) is 5.65 Å². The Morgan fingerprint density at radius 3 is 3.20 bits per heavy atom. The van der Waals surface area contributed by atoms with E-state index in [1.165, 1.54) is 6.33 Å². The van der Waals surface area contributed by atoms with Gasteiger partial charge in [-0.1, -0.05) is 6.08 Å². The standard InChI is InChI=1S/C9H10N4OS/c14-9-7-6(3-1-2-4-15)12-13-8(7)10-5-11-9/h1,3,5,15H,2,4H2,(H2,10,11,12,13,14). The number of nitrogens with one attached hydrogen (secondary N) is 2. The zero-order valence-corrected chi connectivity index (χ0v) is 8.79. The van der Waals surface area contributed by atoms with Crippen molar-refractivity contribution in [1.29, 1.82) is 0 Å². The van der Waals surface area contributed by atoms with Crippen LogP contribution in [0.25, 0.3) is 17.1 Å². The van der Waals surface area contributed by atoms with Crippen LogP contribution in [-0.2, 0) is 0 Å². The zero-order valence-electron chi connectivity index (χ0n) is 7.90. The molecule has 0 atom stereocenters. The molecule has 0 saturated carbocycles. The predicted molar refractivity (Wildman–Crippen MR) is 62.0 cm³/mol. The topological polar surface area (TPSA) is 74.4 Å². The van der Waals surface area contributed by atoms with E-state index in [1.54, 1.807) is 0 Å². The van der Waals surface area contributed by atoms with Crippen LogP contribution in [0, 0.1) is 0 Å². The predicted octanol–water partition coefficient (Wildman–Crippen LogP) is 0.979. The summed E-state index contributed by atoms with van der Waals surface area (Å²) in [4.78, 5) is 17.9. The molecule has 0 aliphatic carbocycles. The number of aromatic amines is 2. The first-order valence-electron chi connectivity index (χ1n) is 4.52. The van der Waals surface area contributed by atoms with Crippen LogP contribution in [-0.4, -0.2) is 25.9 Å². The molecule has 0 aromatic carbocycles. The Morgan fingerprint density at radius 1 is 1.53 bits per heavy atom. The van der Waals surface area contributed by atoms with Crippen LogP contribution < -0.4 is 5.56 Å². The molecule has 15 heavy (non-hydrogen) atoms. The molecule has 6 heteroatoms. The Labute approximate surface area is 91.0 Å². The molecule has 0 radical (unpaired) electrons. The van der Waals surface area contributed by atoms with Crippen molar-refractivity contribution in [2.24, 2.45) is 0 Å². The fourth-order valence-electron chi connectivity index (χ4n) is 1.28. The van der Waals surface area contributed by atoms with Gasteiger partial charge in [-0.2, -0.15) is 17.7 Å². The Balaban J connectivity index is 2.48. The molecule has 0 unspecified atom stereocenters. The summed E-state index contributed by atoms with van der Waals surface area (Å²) in [5, 5.41) is 7.19. The summed E-state index contributed by atoms with van der Waals surface area (Å²) in [5.74, 6) is 0.775. The number of H-pyrrole nitrogens is 2. The summed E-state index contributed by atoms with van der Waals surface area (Å²) < 4.78 is 0. The molecular weight excluding hydrogens is 212 g/mol. The Bertz CT molecular complexity index is 542. The smallest absolute Gasteiger partial charge is 0.262 e. The highest BCUT2D eigenvalue weighted by atomic mass is 32.1. The summed E-state index contributed by atoms with van der Waals surface area (Å²) in [6.07, 6.45) is 5.95. The number of hydrogen-bond acceptors (Lipinski definition) is 4. The van der Waals surface area contributed by atoms with Gasteiger partial charge in [0.05, 0.1) is 12.0 Å². The first-order valence-corrected chi connectivity index (χ1v) is 5.15. The molecule has 2 rings (SSSR count). The summed E-state index contributed by atoms with van der Waals surface area (Å²) in [6.45, 7) is 0. The van der Waals surface area contributed by atoms with E-state index >= 15 is 0 Å². The number of rotatable bonds is 3. The average molecular weight is 222 g/mol. The van der Waals surface area contributed by atoms with E-state index in [9.17, 15) is 4.79 Å². The minimum absolute atomic E-state index is 0.181. The minimum Gasteiger partial charge on any atom is -0.312 e. The van der Waals surface area contributed by atoms with E-state index in [-0.39, 0.29) is 5.56 Å². The number of aromatic nitrogens is 4. The normalized spacial score (nSPS) is 11.5. The van der Waals surface area contributed by atoms with Gasteiger partial charge in [-0.05, 0) is 18.2 Å². The first kappa shape index (κ1) is 9.97. The van der Waals surface area contributed by atoms with Crippen molar-refractivity contribution in [2.45, 2.75) is 6.42 Å². The molecule has 78 valence electrons. The maximum absolute atomic E-state index is 11.5. The van der Waals surface area contributed by atoms with Crippen molar-refractivity contribution >= 4 is 29.7 Å². The van der Waals surface area contributed by atoms with Gasteiger partial charge in [0, 0.05) is 0 Å². The SMILES string of the molecule is O=c1[nH]cnc2n[nH]c(C=CCCS)c12. The van der Waals surface area contributed by atoms with Gasteiger partial charge in [0.25, 0.3) is 5.56 Å². The lowest BCUT2D eigenvalue weighted by atomic mass is 10.2. The maximum atomic E-state index is 11.5. The average Bonchev–Trinajstić information content (AvgIpc) is 2.63. The van der Waals surface area contributed by atoms with Crippen molar-refractivity contribution in [3.05, 3.63) is 28.5 Å². The van der Waals surface area contributed by atoms with Crippen LogP contribution in [0.4, 0.5) is 0 Å². The van der Waals surface area contributed by atoms with E-state index in [0.717, 1.165) is 12.2 Å². The Hall–Kier alpha value is -1.56. The molecule has 5 nitrogen and oxygen atoms in total. The van der Waals surface area contributed by atoms with E-state index < -0.39 is 0 Å². The molecular formula is C9H10N4OS. The third-order valence-electron chi connectivity index (χ3n) is 1.97. The number of fused-ring (bicyclic) bond motifs is 1. The first-order chi connectivity index (χ1) is 7.33. The molecule has 2 heterocycles. The Kier molecular flexibility index (Phi) is 2.86. The number of nitrogens with zero attached hydrogens (tertiary/aromatic N) is 2. The molecule has 0 fully saturated rings. The summed E-state index contributed by atoms with van der Waals surface area (Å²) >= 11 is 4.09. The molecule has 2 N–H and O–H groups in total. The second-order valence-electron chi connectivity index (χ2n) is 2.98. The molecule has 0 saturated heterocycles. The monoisotopic (exact) mass is 222 g/mol. The van der Waals surface area contributed by atoms with E-state index in [1.807, 2.05) is 12.2 Å². The Morgan fingerprint density at radius 2 is 2.40 bits per heavy atom. The zero-order chi connectivity index (χ0) is 10.7. The molecule has 0 amide bonds. The third-order valence-corrected chi connectivity index (χ3v) is 2.22. The lowest BCUT2D eigenvalue weighted by Crippen LogP contribution is -2.05. The van der Waals surface area contributed by atoms with Gasteiger partial charge >= 0.3 is 0 Å². The second kappa shape index (κ2) is 4.31. The molecule has 2 aromatic heterocycles. The lowest BCUT2D eigenvalue weighted by molar-refractivity contribution is 1.08. The van der Waals surface area contributed by atoms with Crippen LogP contribution in [0.15, 0.2) is 17.2 Å². The minimum atomic E-state index is -0.181. The van der Waals surface area contributed by atoms with E-state index in [2.05, 4.69) is 32.8 Å². The maximum Gasteiger partial charge on any atom is 0.262 e. The van der Waals surface area contributed by atoms with Crippen molar-refractivity contribution in [2.75, 3.05) is 5.75 Å². The van der Waals surface area contributed by atoms with Crippen LogP contribution in [0.3, 0.4) is 0 Å². The van der Waals surface area contributed by atoms with Crippen LogP contribution >= 0.6 is 12.6 Å². The highest BCUT2D eigenvalue weighted by molar-refractivity contribution is 7.80. The molecule has 0 spiro atoms. The molecule has 0 bridgehead atoms. The number of hydrogen-bond donors (Lipinski definition) is 3. The molecule has 0 aliphatic rings. The molecule has 0 aliphatic heterocycles. The number of allylic oxidation sites excluding steroid dienone is 1. The van der Waals surface area contributed by atoms with Gasteiger partial charge in [0.1, 0.15) is 5.39 Å². The number of thiol groups is 1. The van der Waals surface area contributed by atoms with Gasteiger partial charge < -0.3 is 4.98 Å². The fourth-order valence-corrected chi connectivity index (χ4v) is 1.43. The molecule has 2 aromatic rings. The summed E-state index contributed by atoms with van der Waals surface area (Å²) in [6, 6.07) is 0. The third kappa shape index (κ3) is 1.94. The van der Waals surface area contributed by atoms with Gasteiger partial charge in [0.2, 0.25) is 0 Å². The van der Waals surface area contributed by atoms with Crippen molar-refractivity contribution in [1.82, 2.24) is 20.2 Å². The van der Waals surface area contributed by atoms with Crippen molar-refractivity contribution in [3.63, 3.8) is 0 Å². The largest absolute Gasteiger partial charge is 0.312 e. The van der Waals surface area contributed by atoms with Crippen LogP contribution in [0.5, 0.6) is 0 Å². The quantitative estimate of drug-likeness (QED) is 0.678. The highest BCUT2D eigenvalue weighted by Crippen LogP contribution is 2.09. The summed E-state index contributed by atoms with van der Waals surface area (Å²) in [5.41, 5.74) is 0.935. The van der Waals surface area contributed by atoms with E-state index in [4.69, 9.17) is 0 Å². The second-order valence-corrected chi connectivity index (χ2v) is 3.43.